The number of nitrogens with zero attached hydrogens (tertiary/aromatic N) is 2. The van der Waals surface area contributed by atoms with Crippen molar-refractivity contribution in [2.24, 2.45) is 5.92 Å². The number of hydrogen-bond donors (Lipinski definition) is 1. The molecule has 0 aromatic carbocycles. The molecule has 1 N–H and O–H groups in total. The van der Waals surface area contributed by atoms with Crippen LogP contribution >= 0.6 is 11.3 Å². The first kappa shape index (κ1) is 15.4. The molecule has 0 radical (unpaired) electrons. The SMILES string of the molecule is CC(C)(C)c1csc(CN(CC2CCNCC2)C2CC2)n1. The maximum atomic E-state index is 4.89. The summed E-state index contributed by atoms with van der Waals surface area (Å²) in [6.07, 6.45) is 5.47. The molecule has 2 fully saturated rings. The maximum absolute atomic E-state index is 4.89. The van der Waals surface area contributed by atoms with Crippen LogP contribution in [0.25, 0.3) is 0 Å². The van der Waals surface area contributed by atoms with Crippen LogP contribution in [0.4, 0.5) is 0 Å². The zero-order valence-electron chi connectivity index (χ0n) is 13.7. The van der Waals surface area contributed by atoms with Crippen molar-refractivity contribution in [3.8, 4) is 0 Å². The molecule has 0 amide bonds. The van der Waals surface area contributed by atoms with E-state index in [1.165, 1.54) is 56.0 Å². The van der Waals surface area contributed by atoms with E-state index in [1.54, 1.807) is 0 Å². The van der Waals surface area contributed by atoms with E-state index in [0.717, 1.165) is 18.5 Å². The Morgan fingerprint density at radius 1 is 1.24 bits per heavy atom. The molecule has 1 aromatic heterocycles. The van der Waals surface area contributed by atoms with Gasteiger partial charge in [-0.15, -0.1) is 11.3 Å². The van der Waals surface area contributed by atoms with Crippen molar-refractivity contribution in [2.75, 3.05) is 19.6 Å². The number of aromatic nitrogens is 1. The van der Waals surface area contributed by atoms with Crippen molar-refractivity contribution in [3.05, 3.63) is 16.1 Å². The molecule has 0 bridgehead atoms. The average molecular weight is 308 g/mol. The summed E-state index contributed by atoms with van der Waals surface area (Å²) in [4.78, 5) is 7.60. The molecular formula is C17H29N3S. The highest BCUT2D eigenvalue weighted by atomic mass is 32.1. The summed E-state index contributed by atoms with van der Waals surface area (Å²) in [5, 5.41) is 7.03. The number of rotatable bonds is 5. The molecule has 3 nitrogen and oxygen atoms in total. The minimum Gasteiger partial charge on any atom is -0.317 e. The van der Waals surface area contributed by atoms with E-state index in [9.17, 15) is 0 Å². The average Bonchev–Trinajstić information content (AvgIpc) is 3.17. The quantitative estimate of drug-likeness (QED) is 0.903. The highest BCUT2D eigenvalue weighted by Gasteiger charge is 2.31. The molecular weight excluding hydrogens is 278 g/mol. The van der Waals surface area contributed by atoms with Crippen molar-refractivity contribution in [1.29, 1.82) is 0 Å². The van der Waals surface area contributed by atoms with Gasteiger partial charge in [-0.1, -0.05) is 20.8 Å². The number of piperidine rings is 1. The van der Waals surface area contributed by atoms with Gasteiger partial charge in [0.2, 0.25) is 0 Å². The summed E-state index contributed by atoms with van der Waals surface area (Å²) in [6, 6.07) is 0.835. The van der Waals surface area contributed by atoms with Crippen LogP contribution in [0.1, 0.15) is 57.2 Å². The Labute approximate surface area is 133 Å². The molecule has 1 saturated carbocycles. The third-order valence-corrected chi connectivity index (χ3v) is 5.51. The molecule has 118 valence electrons. The first-order valence-corrected chi connectivity index (χ1v) is 9.30. The summed E-state index contributed by atoms with van der Waals surface area (Å²) in [7, 11) is 0. The first-order valence-electron chi connectivity index (χ1n) is 8.42. The Hall–Kier alpha value is -0.450. The molecule has 1 aliphatic carbocycles. The Morgan fingerprint density at radius 2 is 1.95 bits per heavy atom. The number of thiazole rings is 1. The van der Waals surface area contributed by atoms with Gasteiger partial charge >= 0.3 is 0 Å². The molecule has 0 atom stereocenters. The van der Waals surface area contributed by atoms with Crippen molar-refractivity contribution in [3.63, 3.8) is 0 Å². The van der Waals surface area contributed by atoms with Gasteiger partial charge in [0.15, 0.2) is 0 Å². The standard InChI is InChI=1S/C17H29N3S/c1-17(2,3)15-12-21-16(19-15)11-20(14-4-5-14)10-13-6-8-18-9-7-13/h12-14,18H,4-11H2,1-3H3. The summed E-state index contributed by atoms with van der Waals surface area (Å²) in [5.74, 6) is 0.883. The third kappa shape index (κ3) is 4.27. The second kappa shape index (κ2) is 6.35. The molecule has 2 heterocycles. The van der Waals surface area contributed by atoms with Crippen LogP contribution < -0.4 is 5.32 Å². The summed E-state index contributed by atoms with van der Waals surface area (Å²) in [5.41, 5.74) is 1.42. The van der Waals surface area contributed by atoms with Gasteiger partial charge in [0, 0.05) is 23.4 Å². The summed E-state index contributed by atoms with van der Waals surface area (Å²) >= 11 is 1.85. The van der Waals surface area contributed by atoms with E-state index in [-0.39, 0.29) is 5.41 Å². The zero-order chi connectivity index (χ0) is 14.9. The molecule has 1 aliphatic heterocycles. The molecule has 1 saturated heterocycles. The fourth-order valence-electron chi connectivity index (χ4n) is 3.08. The van der Waals surface area contributed by atoms with Crippen molar-refractivity contribution >= 4 is 11.3 Å². The van der Waals surface area contributed by atoms with Crippen LogP contribution in [-0.4, -0.2) is 35.6 Å². The molecule has 1 aromatic rings. The van der Waals surface area contributed by atoms with Crippen LogP contribution in [0.15, 0.2) is 5.38 Å². The van der Waals surface area contributed by atoms with Gasteiger partial charge in [-0.3, -0.25) is 4.90 Å². The minimum atomic E-state index is 0.175. The highest BCUT2D eigenvalue weighted by Crippen LogP contribution is 2.32. The zero-order valence-corrected chi connectivity index (χ0v) is 14.5. The van der Waals surface area contributed by atoms with Crippen LogP contribution in [0.3, 0.4) is 0 Å². The predicted octanol–water partition coefficient (Wildman–Crippen LogP) is 3.40. The monoisotopic (exact) mass is 307 g/mol. The van der Waals surface area contributed by atoms with Crippen LogP contribution in [0.2, 0.25) is 0 Å². The van der Waals surface area contributed by atoms with Crippen LogP contribution in [-0.2, 0) is 12.0 Å². The van der Waals surface area contributed by atoms with E-state index < -0.39 is 0 Å². The van der Waals surface area contributed by atoms with Gasteiger partial charge in [0.1, 0.15) is 5.01 Å². The Bertz CT molecular complexity index is 453. The summed E-state index contributed by atoms with van der Waals surface area (Å²) in [6.45, 7) is 11.5. The molecule has 2 aliphatic rings. The van der Waals surface area contributed by atoms with Crippen molar-refractivity contribution in [1.82, 2.24) is 15.2 Å². The second-order valence-corrected chi connectivity index (χ2v) is 8.67. The summed E-state index contributed by atoms with van der Waals surface area (Å²) < 4.78 is 0. The fraction of sp³-hybridized carbons (Fsp3) is 0.824. The second-order valence-electron chi connectivity index (χ2n) is 7.73. The van der Waals surface area contributed by atoms with Gasteiger partial charge in [-0.25, -0.2) is 4.98 Å². The van der Waals surface area contributed by atoms with Gasteiger partial charge in [0.05, 0.1) is 12.2 Å². The van der Waals surface area contributed by atoms with Crippen molar-refractivity contribution in [2.45, 2.75) is 64.5 Å². The molecule has 21 heavy (non-hydrogen) atoms. The number of hydrogen-bond acceptors (Lipinski definition) is 4. The fourth-order valence-corrected chi connectivity index (χ4v) is 4.13. The topological polar surface area (TPSA) is 28.2 Å². The molecule has 3 rings (SSSR count). The van der Waals surface area contributed by atoms with E-state index in [2.05, 4.69) is 36.4 Å². The number of nitrogens with one attached hydrogen (secondary N) is 1. The largest absolute Gasteiger partial charge is 0.317 e. The molecule has 0 spiro atoms. The normalized spacial score (nSPS) is 21.1. The van der Waals surface area contributed by atoms with Crippen molar-refractivity contribution < 1.29 is 0 Å². The molecule has 0 unspecified atom stereocenters. The lowest BCUT2D eigenvalue weighted by molar-refractivity contribution is 0.190. The van der Waals surface area contributed by atoms with Crippen LogP contribution in [0, 0.1) is 5.92 Å². The Kier molecular flexibility index (Phi) is 4.67. The maximum Gasteiger partial charge on any atom is 0.107 e. The van der Waals surface area contributed by atoms with Crippen LogP contribution in [0.5, 0.6) is 0 Å². The Morgan fingerprint density at radius 3 is 2.52 bits per heavy atom. The van der Waals surface area contributed by atoms with E-state index in [0.29, 0.717) is 0 Å². The van der Waals surface area contributed by atoms with Gasteiger partial charge in [-0.2, -0.15) is 0 Å². The highest BCUT2D eigenvalue weighted by molar-refractivity contribution is 7.09. The lowest BCUT2D eigenvalue weighted by atomic mass is 9.93. The van der Waals surface area contributed by atoms with E-state index >= 15 is 0 Å². The van der Waals surface area contributed by atoms with Gasteiger partial charge in [-0.05, 0) is 44.7 Å². The molecule has 4 heteroatoms. The van der Waals surface area contributed by atoms with E-state index in [4.69, 9.17) is 4.98 Å². The van der Waals surface area contributed by atoms with Gasteiger partial charge < -0.3 is 5.32 Å². The van der Waals surface area contributed by atoms with Gasteiger partial charge in [0.25, 0.3) is 0 Å². The predicted molar refractivity (Wildman–Crippen MR) is 89.8 cm³/mol. The lowest BCUT2D eigenvalue weighted by Gasteiger charge is -2.29. The third-order valence-electron chi connectivity index (χ3n) is 4.67. The minimum absolute atomic E-state index is 0.175. The Balaban J connectivity index is 1.61. The smallest absolute Gasteiger partial charge is 0.107 e. The van der Waals surface area contributed by atoms with E-state index in [1.807, 2.05) is 11.3 Å². The lowest BCUT2D eigenvalue weighted by Crippen LogP contribution is -2.37. The first-order chi connectivity index (χ1) is 10.0.